The molecule has 74 valence electrons. The van der Waals surface area contributed by atoms with E-state index in [2.05, 4.69) is 28.9 Å². The zero-order chi connectivity index (χ0) is 9.84. The number of aromatic nitrogens is 2. The van der Waals surface area contributed by atoms with Crippen molar-refractivity contribution in [2.45, 2.75) is 26.3 Å². The average Bonchev–Trinajstić information content (AvgIpc) is 2.41. The molecule has 1 aromatic heterocycles. The minimum absolute atomic E-state index is 0.505. The lowest BCUT2D eigenvalue weighted by atomic mass is 10.2. The van der Waals surface area contributed by atoms with Crippen LogP contribution in [0, 0.1) is 11.7 Å². The lowest BCUT2D eigenvalue weighted by Gasteiger charge is -2.11. The van der Waals surface area contributed by atoms with E-state index in [-0.39, 0.29) is 0 Å². The highest BCUT2D eigenvalue weighted by Crippen LogP contribution is 2.14. The van der Waals surface area contributed by atoms with Gasteiger partial charge < -0.3 is 9.55 Å². The highest BCUT2D eigenvalue weighted by molar-refractivity contribution is 7.98. The second kappa shape index (κ2) is 4.86. The molecule has 1 unspecified atom stereocenters. The molecular weight excluding hydrogens is 200 g/mol. The van der Waals surface area contributed by atoms with Gasteiger partial charge in [-0.1, -0.05) is 0 Å². The lowest BCUT2D eigenvalue weighted by molar-refractivity contribution is 0.528. The number of hydrogen-bond acceptors (Lipinski definition) is 2. The smallest absolute Gasteiger partial charge is 0.177 e. The molecule has 0 aliphatic rings. The van der Waals surface area contributed by atoms with Crippen LogP contribution in [0.15, 0.2) is 6.20 Å². The first-order valence-corrected chi connectivity index (χ1v) is 6.22. The summed E-state index contributed by atoms with van der Waals surface area (Å²) in [6.07, 6.45) is 5.40. The van der Waals surface area contributed by atoms with Gasteiger partial charge in [0.2, 0.25) is 0 Å². The van der Waals surface area contributed by atoms with Crippen molar-refractivity contribution in [3.63, 3.8) is 0 Å². The number of H-pyrrole nitrogens is 1. The summed E-state index contributed by atoms with van der Waals surface area (Å²) in [4.78, 5) is 3.14. The molecule has 1 atom stereocenters. The first-order chi connectivity index (χ1) is 6.15. The molecule has 0 fully saturated rings. The molecule has 0 amide bonds. The minimum atomic E-state index is 0.505. The van der Waals surface area contributed by atoms with Crippen LogP contribution in [0.3, 0.4) is 0 Å². The highest BCUT2D eigenvalue weighted by Gasteiger charge is 2.05. The Labute approximate surface area is 88.7 Å². The zero-order valence-electron chi connectivity index (χ0n) is 8.33. The fourth-order valence-corrected chi connectivity index (χ4v) is 2.26. The van der Waals surface area contributed by atoms with Gasteiger partial charge in [0, 0.05) is 17.9 Å². The van der Waals surface area contributed by atoms with Gasteiger partial charge in [-0.05, 0) is 44.5 Å². The molecule has 4 heteroatoms. The molecule has 2 nitrogen and oxygen atoms in total. The Kier molecular flexibility index (Phi) is 4.06. The van der Waals surface area contributed by atoms with Crippen LogP contribution in [-0.4, -0.2) is 21.6 Å². The molecule has 0 aliphatic carbocycles. The van der Waals surface area contributed by atoms with E-state index < -0.39 is 0 Å². The van der Waals surface area contributed by atoms with Crippen LogP contribution >= 0.6 is 24.0 Å². The van der Waals surface area contributed by atoms with E-state index >= 15 is 0 Å². The van der Waals surface area contributed by atoms with E-state index in [1.165, 1.54) is 12.2 Å². The first kappa shape index (κ1) is 10.9. The van der Waals surface area contributed by atoms with Gasteiger partial charge in [-0.2, -0.15) is 11.8 Å². The third-order valence-corrected chi connectivity index (χ3v) is 3.04. The van der Waals surface area contributed by atoms with Gasteiger partial charge in [0.15, 0.2) is 4.77 Å². The van der Waals surface area contributed by atoms with Crippen molar-refractivity contribution in [3.05, 3.63) is 16.7 Å². The van der Waals surface area contributed by atoms with E-state index in [1.807, 2.05) is 18.7 Å². The van der Waals surface area contributed by atoms with Crippen LogP contribution < -0.4 is 0 Å². The maximum Gasteiger partial charge on any atom is 0.177 e. The molecule has 1 aromatic rings. The molecule has 0 bridgehead atoms. The number of hydrogen-bond donors (Lipinski definition) is 1. The molecule has 1 N–H and O–H groups in total. The highest BCUT2D eigenvalue weighted by atomic mass is 32.2. The second-order valence-corrected chi connectivity index (χ2v) is 4.65. The molecule has 1 rings (SSSR count). The summed E-state index contributed by atoms with van der Waals surface area (Å²) in [5, 5.41) is 0. The zero-order valence-corrected chi connectivity index (χ0v) is 9.97. The number of thioether (sulfide) groups is 1. The summed E-state index contributed by atoms with van der Waals surface area (Å²) in [5.41, 5.74) is 1.14. The largest absolute Gasteiger partial charge is 0.335 e. The number of imidazole rings is 1. The number of aryl methyl sites for hydroxylation is 1. The monoisotopic (exact) mass is 216 g/mol. The van der Waals surface area contributed by atoms with Crippen molar-refractivity contribution < 1.29 is 0 Å². The van der Waals surface area contributed by atoms with Crippen LogP contribution in [0.2, 0.25) is 0 Å². The topological polar surface area (TPSA) is 20.7 Å². The SMILES string of the molecule is CSCCC(C)n1cc(C)[nH]c1=S. The van der Waals surface area contributed by atoms with Crippen molar-refractivity contribution in [2.75, 3.05) is 12.0 Å². The third-order valence-electron chi connectivity index (χ3n) is 2.09. The summed E-state index contributed by atoms with van der Waals surface area (Å²) in [6, 6.07) is 0.505. The van der Waals surface area contributed by atoms with Crippen molar-refractivity contribution in [1.82, 2.24) is 9.55 Å². The van der Waals surface area contributed by atoms with Crippen molar-refractivity contribution in [3.8, 4) is 0 Å². The lowest BCUT2D eigenvalue weighted by Crippen LogP contribution is -2.04. The Bertz CT molecular complexity index is 314. The molecule has 0 saturated heterocycles. The Morgan fingerprint density at radius 3 is 2.85 bits per heavy atom. The van der Waals surface area contributed by atoms with E-state index in [9.17, 15) is 0 Å². The van der Waals surface area contributed by atoms with Gasteiger partial charge >= 0.3 is 0 Å². The van der Waals surface area contributed by atoms with Gasteiger partial charge in [-0.3, -0.25) is 0 Å². The van der Waals surface area contributed by atoms with Crippen LogP contribution in [-0.2, 0) is 0 Å². The third kappa shape index (κ3) is 2.88. The number of rotatable bonds is 4. The van der Waals surface area contributed by atoms with Crippen molar-refractivity contribution in [2.24, 2.45) is 0 Å². The van der Waals surface area contributed by atoms with Crippen molar-refractivity contribution in [1.29, 1.82) is 0 Å². The van der Waals surface area contributed by atoms with Crippen LogP contribution in [0.4, 0.5) is 0 Å². The molecule has 0 radical (unpaired) electrons. The average molecular weight is 216 g/mol. The first-order valence-electron chi connectivity index (χ1n) is 4.42. The van der Waals surface area contributed by atoms with Gasteiger partial charge in [0.1, 0.15) is 0 Å². The Hall–Kier alpha value is -0.220. The second-order valence-electron chi connectivity index (χ2n) is 3.28. The van der Waals surface area contributed by atoms with Gasteiger partial charge in [0.05, 0.1) is 0 Å². The summed E-state index contributed by atoms with van der Waals surface area (Å²) in [6.45, 7) is 4.24. The molecule has 13 heavy (non-hydrogen) atoms. The minimum Gasteiger partial charge on any atom is -0.335 e. The normalized spacial score (nSPS) is 13.2. The number of nitrogens with one attached hydrogen (secondary N) is 1. The van der Waals surface area contributed by atoms with Gasteiger partial charge in [-0.25, -0.2) is 0 Å². The summed E-state index contributed by atoms with van der Waals surface area (Å²) < 4.78 is 2.98. The quantitative estimate of drug-likeness (QED) is 0.780. The predicted octanol–water partition coefficient (Wildman–Crippen LogP) is 3.17. The molecule has 1 heterocycles. The van der Waals surface area contributed by atoms with E-state index in [4.69, 9.17) is 12.2 Å². The standard InChI is InChI=1S/C9H16N2S2/c1-7-6-11(9(12)10-7)8(2)4-5-13-3/h6,8H,4-5H2,1-3H3,(H,10,12). The Morgan fingerprint density at radius 2 is 2.38 bits per heavy atom. The van der Waals surface area contributed by atoms with Crippen LogP contribution in [0.5, 0.6) is 0 Å². The molecule has 0 spiro atoms. The van der Waals surface area contributed by atoms with E-state index in [0.717, 1.165) is 10.5 Å². The van der Waals surface area contributed by atoms with Crippen LogP contribution in [0.1, 0.15) is 25.1 Å². The van der Waals surface area contributed by atoms with Gasteiger partial charge in [0.25, 0.3) is 0 Å². The maximum absolute atomic E-state index is 5.20. The summed E-state index contributed by atoms with van der Waals surface area (Å²) in [7, 11) is 0. The predicted molar refractivity (Wildman–Crippen MR) is 62.1 cm³/mol. The molecular formula is C9H16N2S2. The molecule has 0 aromatic carbocycles. The van der Waals surface area contributed by atoms with E-state index in [1.54, 1.807) is 0 Å². The van der Waals surface area contributed by atoms with E-state index in [0.29, 0.717) is 6.04 Å². The molecule has 0 aliphatic heterocycles. The Balaban J connectivity index is 2.70. The van der Waals surface area contributed by atoms with Crippen molar-refractivity contribution >= 4 is 24.0 Å². The maximum atomic E-state index is 5.20. The fourth-order valence-electron chi connectivity index (χ4n) is 1.29. The van der Waals surface area contributed by atoms with Crippen LogP contribution in [0.25, 0.3) is 0 Å². The fraction of sp³-hybridized carbons (Fsp3) is 0.667. The number of aromatic amines is 1. The Morgan fingerprint density at radius 1 is 1.69 bits per heavy atom. The van der Waals surface area contributed by atoms with Gasteiger partial charge in [-0.15, -0.1) is 0 Å². The molecule has 0 saturated carbocycles. The summed E-state index contributed by atoms with van der Waals surface area (Å²) in [5.74, 6) is 1.19. The summed E-state index contributed by atoms with van der Waals surface area (Å²) >= 11 is 7.08. The number of nitrogens with zero attached hydrogens (tertiary/aromatic N) is 1.